The highest BCUT2D eigenvalue weighted by atomic mass is 16.2. The third kappa shape index (κ3) is 2.54. The maximum absolute atomic E-state index is 12.5. The first-order valence-corrected chi connectivity index (χ1v) is 8.07. The van der Waals surface area contributed by atoms with Gasteiger partial charge in [-0.2, -0.15) is 0 Å². The Morgan fingerprint density at radius 1 is 0.958 bits per heavy atom. The number of pyridine rings is 2. The second-order valence-electron chi connectivity index (χ2n) is 6.59. The predicted molar refractivity (Wildman–Crippen MR) is 87.3 cm³/mol. The van der Waals surface area contributed by atoms with Gasteiger partial charge in [-0.25, -0.2) is 0 Å². The lowest BCUT2D eigenvalue weighted by Crippen LogP contribution is -2.59. The van der Waals surface area contributed by atoms with Crippen molar-refractivity contribution in [2.75, 3.05) is 26.2 Å². The highest BCUT2D eigenvalue weighted by molar-refractivity contribution is 5.94. The number of aromatic nitrogens is 2. The third-order valence-corrected chi connectivity index (χ3v) is 4.86. The zero-order chi connectivity index (χ0) is 16.6. The average Bonchev–Trinajstić information content (AvgIpc) is 3.06. The summed E-state index contributed by atoms with van der Waals surface area (Å²) in [6.45, 7) is 2.82. The molecule has 2 aliphatic rings. The third-order valence-electron chi connectivity index (χ3n) is 4.86. The van der Waals surface area contributed by atoms with Crippen molar-refractivity contribution in [2.45, 2.75) is 6.42 Å². The normalized spacial score (nSPS) is 18.5. The number of hydrogen-bond acceptors (Lipinski definition) is 4. The molecule has 6 heteroatoms. The fourth-order valence-electron chi connectivity index (χ4n) is 3.60. The van der Waals surface area contributed by atoms with Crippen molar-refractivity contribution >= 4 is 11.8 Å². The summed E-state index contributed by atoms with van der Waals surface area (Å²) in [5.74, 6) is -0.00672. The Hall–Kier alpha value is -2.76. The molecule has 0 unspecified atom stereocenters. The quantitative estimate of drug-likeness (QED) is 0.840. The van der Waals surface area contributed by atoms with Crippen molar-refractivity contribution in [1.82, 2.24) is 19.8 Å². The van der Waals surface area contributed by atoms with E-state index in [1.165, 1.54) is 0 Å². The summed E-state index contributed by atoms with van der Waals surface area (Å²) in [6, 6.07) is 8.92. The van der Waals surface area contributed by atoms with Crippen molar-refractivity contribution in [3.05, 3.63) is 60.2 Å². The first kappa shape index (κ1) is 14.8. The molecule has 2 fully saturated rings. The van der Waals surface area contributed by atoms with Crippen LogP contribution in [0.2, 0.25) is 0 Å². The Kier molecular flexibility index (Phi) is 3.52. The van der Waals surface area contributed by atoms with Crippen LogP contribution in [-0.2, 0) is 0 Å². The Balaban J connectivity index is 1.38. The number of carbonyl (C=O) groups is 2. The molecule has 0 atom stereocenters. The second kappa shape index (κ2) is 5.70. The molecule has 2 aromatic heterocycles. The van der Waals surface area contributed by atoms with Gasteiger partial charge in [0.05, 0.1) is 5.56 Å². The summed E-state index contributed by atoms with van der Waals surface area (Å²) in [4.78, 5) is 36.7. The second-order valence-corrected chi connectivity index (χ2v) is 6.59. The summed E-state index contributed by atoms with van der Waals surface area (Å²) < 4.78 is 0. The van der Waals surface area contributed by atoms with Crippen LogP contribution >= 0.6 is 0 Å². The van der Waals surface area contributed by atoms with E-state index in [4.69, 9.17) is 0 Å². The lowest BCUT2D eigenvalue weighted by Gasteiger charge is -2.47. The number of hydrogen-bond donors (Lipinski definition) is 0. The summed E-state index contributed by atoms with van der Waals surface area (Å²) in [5.41, 5.74) is 1.14. The van der Waals surface area contributed by atoms with Gasteiger partial charge < -0.3 is 9.80 Å². The summed E-state index contributed by atoms with van der Waals surface area (Å²) >= 11 is 0. The van der Waals surface area contributed by atoms with Crippen LogP contribution in [0.25, 0.3) is 0 Å². The lowest BCUT2D eigenvalue weighted by molar-refractivity contribution is 0.0106. The minimum atomic E-state index is -0.0294. The van der Waals surface area contributed by atoms with Crippen LogP contribution in [0.1, 0.15) is 27.3 Å². The molecule has 0 saturated carbocycles. The molecule has 0 radical (unpaired) electrons. The molecule has 4 rings (SSSR count). The van der Waals surface area contributed by atoms with Crippen molar-refractivity contribution in [3.8, 4) is 0 Å². The van der Waals surface area contributed by atoms with Gasteiger partial charge in [0, 0.05) is 50.2 Å². The van der Waals surface area contributed by atoms with E-state index in [9.17, 15) is 9.59 Å². The Labute approximate surface area is 140 Å². The van der Waals surface area contributed by atoms with Crippen LogP contribution in [0, 0.1) is 5.41 Å². The Morgan fingerprint density at radius 3 is 2.50 bits per heavy atom. The van der Waals surface area contributed by atoms with Crippen LogP contribution in [0.4, 0.5) is 0 Å². The molecule has 2 aromatic rings. The fraction of sp³-hybridized carbons (Fsp3) is 0.333. The Bertz CT molecular complexity index is 757. The Morgan fingerprint density at radius 2 is 1.79 bits per heavy atom. The number of likely N-dealkylation sites (tertiary alicyclic amines) is 2. The van der Waals surface area contributed by atoms with Gasteiger partial charge in [-0.15, -0.1) is 0 Å². The fourth-order valence-corrected chi connectivity index (χ4v) is 3.60. The van der Waals surface area contributed by atoms with Gasteiger partial charge in [-0.05, 0) is 30.7 Å². The van der Waals surface area contributed by atoms with Crippen molar-refractivity contribution in [2.24, 2.45) is 5.41 Å². The van der Waals surface area contributed by atoms with E-state index < -0.39 is 0 Å². The maximum Gasteiger partial charge on any atom is 0.272 e. The summed E-state index contributed by atoms with van der Waals surface area (Å²) in [6.07, 6.45) is 5.83. The van der Waals surface area contributed by atoms with Gasteiger partial charge in [-0.3, -0.25) is 19.6 Å². The van der Waals surface area contributed by atoms with Gasteiger partial charge in [0.1, 0.15) is 5.69 Å². The molecule has 1 spiro atoms. The topological polar surface area (TPSA) is 66.4 Å². The summed E-state index contributed by atoms with van der Waals surface area (Å²) in [7, 11) is 0. The molecule has 0 aliphatic carbocycles. The van der Waals surface area contributed by atoms with Crippen molar-refractivity contribution < 1.29 is 9.59 Å². The SMILES string of the molecule is O=C(c1cccnc1)N1CCC2(C1)CN(C(=O)c1ccccn1)C2. The molecular weight excluding hydrogens is 304 g/mol. The van der Waals surface area contributed by atoms with Crippen LogP contribution < -0.4 is 0 Å². The van der Waals surface area contributed by atoms with Gasteiger partial charge in [-0.1, -0.05) is 6.07 Å². The van der Waals surface area contributed by atoms with E-state index in [0.29, 0.717) is 30.9 Å². The molecule has 6 nitrogen and oxygen atoms in total. The van der Waals surface area contributed by atoms with Gasteiger partial charge in [0.15, 0.2) is 0 Å². The minimum Gasteiger partial charge on any atom is -0.338 e. The van der Waals surface area contributed by atoms with Crippen LogP contribution in [0.5, 0.6) is 0 Å². The molecule has 0 bridgehead atoms. The molecule has 2 saturated heterocycles. The smallest absolute Gasteiger partial charge is 0.272 e. The number of amides is 2. The summed E-state index contributed by atoms with van der Waals surface area (Å²) in [5, 5.41) is 0. The standard InChI is InChI=1S/C18H18N4O2/c23-16(14-4-3-7-19-10-14)21-9-6-18(11-21)12-22(13-18)17(24)15-5-1-2-8-20-15/h1-5,7-8,10H,6,9,11-13H2. The average molecular weight is 322 g/mol. The lowest BCUT2D eigenvalue weighted by atomic mass is 9.79. The highest BCUT2D eigenvalue weighted by Crippen LogP contribution is 2.40. The van der Waals surface area contributed by atoms with E-state index in [2.05, 4.69) is 9.97 Å². The number of carbonyl (C=O) groups excluding carboxylic acids is 2. The monoisotopic (exact) mass is 322 g/mol. The predicted octanol–water partition coefficient (Wildman–Crippen LogP) is 1.46. The largest absolute Gasteiger partial charge is 0.338 e. The minimum absolute atomic E-state index is 0.0227. The number of rotatable bonds is 2. The molecule has 2 amide bonds. The van der Waals surface area contributed by atoms with Crippen LogP contribution in [0.3, 0.4) is 0 Å². The molecule has 24 heavy (non-hydrogen) atoms. The first-order valence-electron chi connectivity index (χ1n) is 8.07. The highest BCUT2D eigenvalue weighted by Gasteiger charge is 2.50. The molecule has 2 aliphatic heterocycles. The first-order chi connectivity index (χ1) is 11.7. The maximum atomic E-state index is 12.5. The van der Waals surface area contributed by atoms with Crippen LogP contribution in [-0.4, -0.2) is 57.8 Å². The van der Waals surface area contributed by atoms with E-state index in [-0.39, 0.29) is 17.2 Å². The van der Waals surface area contributed by atoms with Gasteiger partial charge in [0.25, 0.3) is 11.8 Å². The molecular formula is C18H18N4O2. The van der Waals surface area contributed by atoms with Gasteiger partial charge >= 0.3 is 0 Å². The van der Waals surface area contributed by atoms with E-state index >= 15 is 0 Å². The molecule has 0 N–H and O–H groups in total. The molecule has 122 valence electrons. The van der Waals surface area contributed by atoms with Crippen LogP contribution in [0.15, 0.2) is 48.9 Å². The zero-order valence-electron chi connectivity index (χ0n) is 13.3. The number of nitrogens with zero attached hydrogens (tertiary/aromatic N) is 4. The van der Waals surface area contributed by atoms with Crippen molar-refractivity contribution in [3.63, 3.8) is 0 Å². The van der Waals surface area contributed by atoms with E-state index in [1.54, 1.807) is 42.9 Å². The molecule has 4 heterocycles. The van der Waals surface area contributed by atoms with E-state index in [0.717, 1.165) is 13.0 Å². The van der Waals surface area contributed by atoms with E-state index in [1.807, 2.05) is 15.9 Å². The van der Waals surface area contributed by atoms with Gasteiger partial charge in [0.2, 0.25) is 0 Å². The molecule has 0 aromatic carbocycles. The zero-order valence-corrected chi connectivity index (χ0v) is 13.3. The van der Waals surface area contributed by atoms with Crippen molar-refractivity contribution in [1.29, 1.82) is 0 Å².